The minimum absolute atomic E-state index is 0.387. The van der Waals surface area contributed by atoms with Crippen molar-refractivity contribution >= 4 is 29.4 Å². The molecule has 0 saturated carbocycles. The Morgan fingerprint density at radius 3 is 2.52 bits per heavy atom. The summed E-state index contributed by atoms with van der Waals surface area (Å²) in [5.74, 6) is 0.457. The number of imide groups is 1. The lowest BCUT2D eigenvalue weighted by Gasteiger charge is -2.13. The number of carbonyl (C=O) groups is 2. The zero-order valence-corrected chi connectivity index (χ0v) is 19.0. The van der Waals surface area contributed by atoms with Crippen molar-refractivity contribution in [1.82, 2.24) is 20.1 Å². The van der Waals surface area contributed by atoms with E-state index in [4.69, 9.17) is 0 Å². The van der Waals surface area contributed by atoms with Crippen molar-refractivity contribution < 1.29 is 9.59 Å². The number of carbonyl (C=O) groups excluding carboxylic acids is 2. The van der Waals surface area contributed by atoms with Crippen molar-refractivity contribution in [2.24, 2.45) is 0 Å². The van der Waals surface area contributed by atoms with E-state index in [1.807, 2.05) is 73.9 Å². The minimum atomic E-state index is -0.550. The Morgan fingerprint density at radius 1 is 1.10 bits per heavy atom. The summed E-state index contributed by atoms with van der Waals surface area (Å²) >= 11 is 1.28. The third-order valence-electron chi connectivity index (χ3n) is 4.83. The molecule has 3 amide bonds. The molecule has 31 heavy (non-hydrogen) atoms. The quantitative estimate of drug-likeness (QED) is 0.537. The molecule has 0 aliphatic carbocycles. The van der Waals surface area contributed by atoms with Crippen LogP contribution in [-0.2, 0) is 17.8 Å². The van der Waals surface area contributed by atoms with Crippen molar-refractivity contribution in [2.75, 3.05) is 5.32 Å². The first-order valence-corrected chi connectivity index (χ1v) is 11.1. The second-order valence-corrected chi connectivity index (χ2v) is 8.64. The smallest absolute Gasteiger partial charge is 0.307 e. The molecular weight excluding hydrogens is 410 g/mol. The van der Waals surface area contributed by atoms with Crippen LogP contribution in [0.3, 0.4) is 0 Å². The highest BCUT2D eigenvalue weighted by Crippen LogP contribution is 2.23. The topological polar surface area (TPSA) is 88.9 Å². The van der Waals surface area contributed by atoms with Crippen LogP contribution in [-0.4, -0.2) is 32.0 Å². The predicted molar refractivity (Wildman–Crippen MR) is 123 cm³/mol. The number of rotatable bonds is 7. The summed E-state index contributed by atoms with van der Waals surface area (Å²) in [4.78, 5) is 24.8. The Morgan fingerprint density at radius 2 is 1.84 bits per heavy atom. The Kier molecular flexibility index (Phi) is 7.46. The fourth-order valence-electron chi connectivity index (χ4n) is 3.17. The second kappa shape index (κ2) is 10.3. The molecule has 0 bridgehead atoms. The van der Waals surface area contributed by atoms with Gasteiger partial charge in [-0.2, -0.15) is 0 Å². The van der Waals surface area contributed by atoms with Crippen LogP contribution in [0.15, 0.2) is 53.7 Å². The van der Waals surface area contributed by atoms with Crippen molar-refractivity contribution in [3.63, 3.8) is 0 Å². The molecule has 3 rings (SSSR count). The molecule has 1 aromatic heterocycles. The number of thioether (sulfide) groups is 1. The number of aromatic nitrogens is 3. The highest BCUT2D eigenvalue weighted by atomic mass is 32.2. The first kappa shape index (κ1) is 22.6. The number of aryl methyl sites for hydroxylation is 2. The molecule has 1 atom stereocenters. The first-order chi connectivity index (χ1) is 14.9. The lowest BCUT2D eigenvalue weighted by Crippen LogP contribution is -2.39. The zero-order chi connectivity index (χ0) is 22.4. The van der Waals surface area contributed by atoms with E-state index in [-0.39, 0.29) is 5.91 Å². The van der Waals surface area contributed by atoms with Gasteiger partial charge in [0.05, 0.1) is 5.25 Å². The highest BCUT2D eigenvalue weighted by Gasteiger charge is 2.21. The lowest BCUT2D eigenvalue weighted by molar-refractivity contribution is -0.119. The van der Waals surface area contributed by atoms with Crippen molar-refractivity contribution in [1.29, 1.82) is 0 Å². The van der Waals surface area contributed by atoms with E-state index in [0.29, 0.717) is 23.8 Å². The van der Waals surface area contributed by atoms with Gasteiger partial charge < -0.3 is 9.88 Å². The van der Waals surface area contributed by atoms with Gasteiger partial charge in [0.25, 0.3) is 0 Å². The van der Waals surface area contributed by atoms with E-state index in [1.54, 1.807) is 6.92 Å². The Hall–Kier alpha value is -3.13. The summed E-state index contributed by atoms with van der Waals surface area (Å²) in [5, 5.41) is 13.9. The summed E-state index contributed by atoms with van der Waals surface area (Å²) in [6.07, 6.45) is 0.668. The van der Waals surface area contributed by atoms with Gasteiger partial charge in [0.15, 0.2) is 5.16 Å². The van der Waals surface area contributed by atoms with Crippen LogP contribution in [0.5, 0.6) is 0 Å². The Labute approximate surface area is 186 Å². The van der Waals surface area contributed by atoms with E-state index in [9.17, 15) is 9.59 Å². The van der Waals surface area contributed by atoms with Crippen molar-refractivity contribution in [3.8, 4) is 0 Å². The predicted octanol–water partition coefficient (Wildman–Crippen LogP) is 4.33. The number of hydrogen-bond acceptors (Lipinski definition) is 5. The number of amides is 3. The van der Waals surface area contributed by atoms with Crippen LogP contribution < -0.4 is 10.6 Å². The van der Waals surface area contributed by atoms with E-state index in [1.165, 1.54) is 11.8 Å². The number of hydrogen-bond donors (Lipinski definition) is 2. The van der Waals surface area contributed by atoms with E-state index in [2.05, 4.69) is 20.8 Å². The van der Waals surface area contributed by atoms with Crippen LogP contribution in [0.2, 0.25) is 0 Å². The van der Waals surface area contributed by atoms with Crippen molar-refractivity contribution in [3.05, 3.63) is 71.0 Å². The summed E-state index contributed by atoms with van der Waals surface area (Å²) in [5.41, 5.74) is 3.87. The number of nitrogens with one attached hydrogen (secondary N) is 2. The second-order valence-electron chi connectivity index (χ2n) is 7.33. The molecule has 0 radical (unpaired) electrons. The third kappa shape index (κ3) is 5.95. The summed E-state index contributed by atoms with van der Waals surface area (Å²) in [6, 6.07) is 15.2. The minimum Gasteiger partial charge on any atom is -0.307 e. The SMILES string of the molecule is CCn1c(Cc2ccccc2)nnc1SC(C)C(=O)NC(=O)Nc1ccc(C)cc1C. The molecular formula is C23H27N5O2S. The average Bonchev–Trinajstić information content (AvgIpc) is 3.11. The molecule has 0 saturated heterocycles. The van der Waals surface area contributed by atoms with Gasteiger partial charge in [-0.05, 0) is 44.9 Å². The fraction of sp³-hybridized carbons (Fsp3) is 0.304. The maximum absolute atomic E-state index is 12.5. The van der Waals surface area contributed by atoms with Crippen LogP contribution in [0.25, 0.3) is 0 Å². The normalized spacial score (nSPS) is 11.7. The van der Waals surface area contributed by atoms with E-state index < -0.39 is 11.3 Å². The van der Waals surface area contributed by atoms with E-state index >= 15 is 0 Å². The van der Waals surface area contributed by atoms with Gasteiger partial charge in [-0.1, -0.05) is 59.8 Å². The molecule has 162 valence electrons. The largest absolute Gasteiger partial charge is 0.325 e. The van der Waals surface area contributed by atoms with Crippen LogP contribution >= 0.6 is 11.8 Å². The molecule has 2 N–H and O–H groups in total. The van der Waals surface area contributed by atoms with Crippen LogP contribution in [0, 0.1) is 13.8 Å². The molecule has 0 spiro atoms. The number of urea groups is 1. The van der Waals surface area contributed by atoms with E-state index in [0.717, 1.165) is 22.5 Å². The summed E-state index contributed by atoms with van der Waals surface area (Å²) in [6.45, 7) is 8.35. The zero-order valence-electron chi connectivity index (χ0n) is 18.2. The lowest BCUT2D eigenvalue weighted by atomic mass is 10.1. The van der Waals surface area contributed by atoms with Gasteiger partial charge >= 0.3 is 6.03 Å². The molecule has 1 heterocycles. The molecule has 2 aromatic carbocycles. The number of nitrogens with zero attached hydrogens (tertiary/aromatic N) is 3. The monoisotopic (exact) mass is 437 g/mol. The molecule has 0 aliphatic rings. The van der Waals surface area contributed by atoms with Crippen molar-refractivity contribution in [2.45, 2.75) is 51.1 Å². The average molecular weight is 438 g/mol. The first-order valence-electron chi connectivity index (χ1n) is 10.2. The molecule has 0 aliphatic heterocycles. The van der Waals surface area contributed by atoms with Gasteiger partial charge in [-0.25, -0.2) is 4.79 Å². The number of benzene rings is 2. The maximum Gasteiger partial charge on any atom is 0.325 e. The maximum atomic E-state index is 12.5. The molecule has 0 fully saturated rings. The Bertz CT molecular complexity index is 1070. The standard InChI is InChI=1S/C23H27N5O2S/c1-5-28-20(14-18-9-7-6-8-10-18)26-27-23(28)31-17(4)21(29)25-22(30)24-19-12-11-15(2)13-16(19)3/h6-13,17H,5,14H2,1-4H3,(H2,24,25,29,30). The summed E-state index contributed by atoms with van der Waals surface area (Å²) in [7, 11) is 0. The highest BCUT2D eigenvalue weighted by molar-refractivity contribution is 8.00. The fourth-order valence-corrected chi connectivity index (χ4v) is 4.10. The molecule has 7 nitrogen and oxygen atoms in total. The van der Waals surface area contributed by atoms with Gasteiger partial charge in [0.2, 0.25) is 5.91 Å². The van der Waals surface area contributed by atoms with Crippen LogP contribution in [0.4, 0.5) is 10.5 Å². The molecule has 8 heteroatoms. The third-order valence-corrected chi connectivity index (χ3v) is 5.91. The number of anilines is 1. The summed E-state index contributed by atoms with van der Waals surface area (Å²) < 4.78 is 2.00. The molecule has 3 aromatic rings. The van der Waals surface area contributed by atoms with Crippen LogP contribution in [0.1, 0.15) is 36.4 Å². The Balaban J connectivity index is 1.60. The molecule has 1 unspecified atom stereocenters. The van der Waals surface area contributed by atoms with Gasteiger partial charge in [0, 0.05) is 18.7 Å². The van der Waals surface area contributed by atoms with Gasteiger partial charge in [-0.15, -0.1) is 10.2 Å². The van der Waals surface area contributed by atoms with Gasteiger partial charge in [0.1, 0.15) is 5.82 Å². The van der Waals surface area contributed by atoms with Gasteiger partial charge in [-0.3, -0.25) is 10.1 Å².